The first-order chi connectivity index (χ1) is 4.31. The maximum absolute atomic E-state index is 8.96. The molecule has 2 nitrogen and oxygen atoms in total. The lowest BCUT2D eigenvalue weighted by Crippen LogP contribution is -2.11. The minimum absolute atomic E-state index is 0.532. The summed E-state index contributed by atoms with van der Waals surface area (Å²) in [4.78, 5) is 0. The largest absolute Gasteiger partial charge is 0.368 e. The van der Waals surface area contributed by atoms with Crippen molar-refractivity contribution in [3.63, 3.8) is 0 Å². The van der Waals surface area contributed by atoms with Crippen LogP contribution < -0.4 is 0 Å². The Morgan fingerprint density at radius 1 is 1.33 bits per heavy atom. The second-order valence-electron chi connectivity index (χ2n) is 2.11. The van der Waals surface area contributed by atoms with E-state index in [0.29, 0.717) is 6.61 Å². The molecule has 0 rings (SSSR count). The summed E-state index contributed by atoms with van der Waals surface area (Å²) < 4.78 is 4.99. The minimum atomic E-state index is -0.532. The van der Waals surface area contributed by atoms with E-state index in [9.17, 15) is 0 Å². The quantitative estimate of drug-likeness (QED) is 0.575. The number of hydrogen-bond donors (Lipinski definition) is 1. The van der Waals surface area contributed by atoms with Crippen LogP contribution in [0.25, 0.3) is 0 Å². The molecule has 1 atom stereocenters. The van der Waals surface area contributed by atoms with Crippen molar-refractivity contribution in [2.45, 2.75) is 39.4 Å². The minimum Gasteiger partial charge on any atom is -0.368 e. The molecule has 0 aliphatic carbocycles. The third-order valence-corrected chi connectivity index (χ3v) is 1.05. The highest BCUT2D eigenvalue weighted by molar-refractivity contribution is 4.38. The molecule has 0 heterocycles. The summed E-state index contributed by atoms with van der Waals surface area (Å²) in [5.41, 5.74) is 0. The Labute approximate surface area is 56.8 Å². The lowest BCUT2D eigenvalue weighted by Gasteiger charge is -2.08. The van der Waals surface area contributed by atoms with E-state index < -0.39 is 6.29 Å². The SMILES string of the molecule is CCCOC(O)CCC. The van der Waals surface area contributed by atoms with Gasteiger partial charge in [0.25, 0.3) is 0 Å². The maximum Gasteiger partial charge on any atom is 0.154 e. The Bertz CT molecular complexity index is 54.9. The van der Waals surface area contributed by atoms with E-state index in [1.807, 2.05) is 13.8 Å². The molecule has 0 aliphatic heterocycles. The van der Waals surface area contributed by atoms with Crippen LogP contribution >= 0.6 is 0 Å². The highest BCUT2D eigenvalue weighted by Crippen LogP contribution is 1.97. The monoisotopic (exact) mass is 132 g/mol. The summed E-state index contributed by atoms with van der Waals surface area (Å²) in [5.74, 6) is 0. The molecule has 0 bridgehead atoms. The number of hydrogen-bond acceptors (Lipinski definition) is 2. The van der Waals surface area contributed by atoms with Gasteiger partial charge < -0.3 is 9.84 Å². The second kappa shape index (κ2) is 6.05. The van der Waals surface area contributed by atoms with E-state index in [4.69, 9.17) is 9.84 Å². The van der Waals surface area contributed by atoms with Crippen LogP contribution in [-0.4, -0.2) is 18.0 Å². The fraction of sp³-hybridized carbons (Fsp3) is 1.00. The Morgan fingerprint density at radius 2 is 2.00 bits per heavy atom. The number of ether oxygens (including phenoxy) is 1. The van der Waals surface area contributed by atoms with Crippen LogP contribution in [0.3, 0.4) is 0 Å². The average molecular weight is 132 g/mol. The molecule has 0 saturated heterocycles. The summed E-state index contributed by atoms with van der Waals surface area (Å²) in [6.45, 7) is 4.72. The standard InChI is InChI=1S/C7H16O2/c1-3-5-7(8)9-6-4-2/h7-8H,3-6H2,1-2H3. The van der Waals surface area contributed by atoms with Crippen LogP contribution in [0.5, 0.6) is 0 Å². The molecular formula is C7H16O2. The molecule has 1 unspecified atom stereocenters. The molecule has 0 aliphatic rings. The van der Waals surface area contributed by atoms with E-state index in [1.165, 1.54) is 0 Å². The van der Waals surface area contributed by atoms with Gasteiger partial charge in [-0.25, -0.2) is 0 Å². The molecule has 0 aromatic rings. The van der Waals surface area contributed by atoms with Gasteiger partial charge in [0.05, 0.1) is 0 Å². The van der Waals surface area contributed by atoms with Crippen molar-refractivity contribution >= 4 is 0 Å². The van der Waals surface area contributed by atoms with Gasteiger partial charge in [-0.3, -0.25) is 0 Å². The molecular weight excluding hydrogens is 116 g/mol. The van der Waals surface area contributed by atoms with Gasteiger partial charge >= 0.3 is 0 Å². The van der Waals surface area contributed by atoms with Gasteiger partial charge in [0.1, 0.15) is 0 Å². The van der Waals surface area contributed by atoms with Crippen LogP contribution in [0.2, 0.25) is 0 Å². The lowest BCUT2D eigenvalue weighted by atomic mass is 10.3. The van der Waals surface area contributed by atoms with Crippen LogP contribution in [0.4, 0.5) is 0 Å². The summed E-state index contributed by atoms with van der Waals surface area (Å²) in [5, 5.41) is 8.96. The van der Waals surface area contributed by atoms with Crippen molar-refractivity contribution in [3.05, 3.63) is 0 Å². The number of rotatable bonds is 5. The molecule has 0 fully saturated rings. The van der Waals surface area contributed by atoms with Gasteiger partial charge in [-0.1, -0.05) is 20.3 Å². The van der Waals surface area contributed by atoms with E-state index >= 15 is 0 Å². The van der Waals surface area contributed by atoms with Gasteiger partial charge in [0.15, 0.2) is 6.29 Å². The van der Waals surface area contributed by atoms with Crippen LogP contribution in [0, 0.1) is 0 Å². The highest BCUT2D eigenvalue weighted by atomic mass is 16.6. The molecule has 0 aromatic carbocycles. The van der Waals surface area contributed by atoms with Crippen LogP contribution in [0.1, 0.15) is 33.1 Å². The van der Waals surface area contributed by atoms with Gasteiger partial charge in [-0.15, -0.1) is 0 Å². The molecule has 9 heavy (non-hydrogen) atoms. The summed E-state index contributed by atoms with van der Waals surface area (Å²) in [7, 11) is 0. The molecule has 1 N–H and O–H groups in total. The molecule has 0 saturated carbocycles. The van der Waals surface area contributed by atoms with Crippen molar-refractivity contribution in [3.8, 4) is 0 Å². The Balaban J connectivity index is 2.95. The fourth-order valence-electron chi connectivity index (χ4n) is 0.584. The van der Waals surface area contributed by atoms with E-state index in [0.717, 1.165) is 19.3 Å². The highest BCUT2D eigenvalue weighted by Gasteiger charge is 1.98. The van der Waals surface area contributed by atoms with Crippen molar-refractivity contribution in [1.82, 2.24) is 0 Å². The van der Waals surface area contributed by atoms with Gasteiger partial charge in [-0.2, -0.15) is 0 Å². The van der Waals surface area contributed by atoms with Crippen molar-refractivity contribution < 1.29 is 9.84 Å². The van der Waals surface area contributed by atoms with Crippen molar-refractivity contribution in [1.29, 1.82) is 0 Å². The van der Waals surface area contributed by atoms with Crippen LogP contribution in [-0.2, 0) is 4.74 Å². The zero-order chi connectivity index (χ0) is 7.11. The fourth-order valence-corrected chi connectivity index (χ4v) is 0.584. The Hall–Kier alpha value is -0.0800. The molecule has 56 valence electrons. The smallest absolute Gasteiger partial charge is 0.154 e. The zero-order valence-corrected chi connectivity index (χ0v) is 6.26. The topological polar surface area (TPSA) is 29.5 Å². The summed E-state index contributed by atoms with van der Waals surface area (Å²) in [6.07, 6.45) is 2.17. The molecule has 0 radical (unpaired) electrons. The third-order valence-electron chi connectivity index (χ3n) is 1.05. The summed E-state index contributed by atoms with van der Waals surface area (Å²) >= 11 is 0. The normalized spacial score (nSPS) is 13.7. The average Bonchev–Trinajstić information content (AvgIpc) is 1.85. The Kier molecular flexibility index (Phi) is 5.99. The predicted molar refractivity (Wildman–Crippen MR) is 37.2 cm³/mol. The predicted octanol–water partition coefficient (Wildman–Crippen LogP) is 1.53. The molecule has 0 aromatic heterocycles. The molecule has 0 spiro atoms. The first-order valence-corrected chi connectivity index (χ1v) is 3.61. The zero-order valence-electron chi connectivity index (χ0n) is 6.26. The molecule has 2 heteroatoms. The van der Waals surface area contributed by atoms with Gasteiger partial charge in [0.2, 0.25) is 0 Å². The van der Waals surface area contributed by atoms with Gasteiger partial charge in [-0.05, 0) is 12.8 Å². The first-order valence-electron chi connectivity index (χ1n) is 3.61. The second-order valence-corrected chi connectivity index (χ2v) is 2.11. The Morgan fingerprint density at radius 3 is 2.44 bits per heavy atom. The maximum atomic E-state index is 8.96. The van der Waals surface area contributed by atoms with E-state index in [-0.39, 0.29) is 0 Å². The first kappa shape index (κ1) is 8.92. The van der Waals surface area contributed by atoms with Crippen LogP contribution in [0.15, 0.2) is 0 Å². The summed E-state index contributed by atoms with van der Waals surface area (Å²) in [6, 6.07) is 0. The lowest BCUT2D eigenvalue weighted by molar-refractivity contribution is -0.103. The number of aliphatic hydroxyl groups is 1. The van der Waals surface area contributed by atoms with E-state index in [1.54, 1.807) is 0 Å². The van der Waals surface area contributed by atoms with Gasteiger partial charge in [0, 0.05) is 6.61 Å². The third kappa shape index (κ3) is 5.80. The number of aliphatic hydroxyl groups excluding tert-OH is 1. The van der Waals surface area contributed by atoms with Crippen molar-refractivity contribution in [2.24, 2.45) is 0 Å². The van der Waals surface area contributed by atoms with Crippen molar-refractivity contribution in [2.75, 3.05) is 6.61 Å². The molecule has 0 amide bonds. The van der Waals surface area contributed by atoms with E-state index in [2.05, 4.69) is 0 Å².